The molecule has 0 spiro atoms. The molecule has 142 valence electrons. The molecule has 1 fully saturated rings. The Labute approximate surface area is 157 Å². The Bertz CT molecular complexity index is 871. The Morgan fingerprint density at radius 3 is 2.44 bits per heavy atom. The van der Waals surface area contributed by atoms with Crippen LogP contribution in [-0.2, 0) is 4.79 Å². The summed E-state index contributed by atoms with van der Waals surface area (Å²) in [7, 11) is 3.06. The summed E-state index contributed by atoms with van der Waals surface area (Å²) in [6.45, 7) is 2.25. The van der Waals surface area contributed by atoms with E-state index in [1.807, 2.05) is 0 Å². The molecule has 1 aliphatic heterocycles. The van der Waals surface area contributed by atoms with Crippen molar-refractivity contribution in [3.63, 3.8) is 0 Å². The van der Waals surface area contributed by atoms with Gasteiger partial charge in [-0.1, -0.05) is 12.1 Å². The number of piperazine rings is 1. The minimum atomic E-state index is -0.709. The van der Waals surface area contributed by atoms with Gasteiger partial charge in [0.1, 0.15) is 11.9 Å². The molecule has 0 unspecified atom stereocenters. The monoisotopic (exact) mass is 372 g/mol. The van der Waals surface area contributed by atoms with E-state index < -0.39 is 17.8 Å². The Kier molecular flexibility index (Phi) is 5.30. The van der Waals surface area contributed by atoms with E-state index in [1.165, 1.54) is 37.3 Å². The van der Waals surface area contributed by atoms with Crippen LogP contribution in [0.4, 0.5) is 10.1 Å². The second-order valence-corrected chi connectivity index (χ2v) is 6.18. The van der Waals surface area contributed by atoms with Gasteiger partial charge in [0.2, 0.25) is 5.91 Å². The summed E-state index contributed by atoms with van der Waals surface area (Å²) in [5.41, 5.74) is 0.624. The van der Waals surface area contributed by atoms with Gasteiger partial charge in [-0.15, -0.1) is 0 Å². The van der Waals surface area contributed by atoms with Crippen molar-refractivity contribution in [2.75, 3.05) is 32.2 Å². The van der Waals surface area contributed by atoms with Crippen LogP contribution in [0.25, 0.3) is 0 Å². The van der Waals surface area contributed by atoms with Gasteiger partial charge in [-0.05, 0) is 31.2 Å². The number of rotatable bonds is 4. The van der Waals surface area contributed by atoms with Crippen LogP contribution < -0.4 is 14.4 Å². The zero-order chi connectivity index (χ0) is 19.6. The van der Waals surface area contributed by atoms with E-state index in [1.54, 1.807) is 36.1 Å². The lowest BCUT2D eigenvalue weighted by Gasteiger charge is -2.39. The summed E-state index contributed by atoms with van der Waals surface area (Å²) in [5, 5.41) is 0. The van der Waals surface area contributed by atoms with Crippen LogP contribution in [0.2, 0.25) is 0 Å². The first kappa shape index (κ1) is 18.7. The second-order valence-electron chi connectivity index (χ2n) is 6.18. The van der Waals surface area contributed by atoms with Crippen molar-refractivity contribution < 1.29 is 23.5 Å². The number of halogens is 1. The van der Waals surface area contributed by atoms with Crippen LogP contribution in [-0.4, -0.2) is 50.1 Å². The Hall–Kier alpha value is -3.09. The van der Waals surface area contributed by atoms with Crippen LogP contribution in [0.3, 0.4) is 0 Å². The lowest BCUT2D eigenvalue weighted by molar-refractivity contribution is -0.124. The molecule has 0 bridgehead atoms. The van der Waals surface area contributed by atoms with E-state index >= 15 is 0 Å². The molecule has 0 radical (unpaired) electrons. The van der Waals surface area contributed by atoms with E-state index in [-0.39, 0.29) is 11.5 Å². The van der Waals surface area contributed by atoms with Crippen molar-refractivity contribution in [3.05, 3.63) is 53.8 Å². The van der Waals surface area contributed by atoms with Crippen molar-refractivity contribution in [3.8, 4) is 11.5 Å². The molecule has 0 N–H and O–H groups in total. The lowest BCUT2D eigenvalue weighted by atomic mass is 10.1. The van der Waals surface area contributed by atoms with Gasteiger partial charge in [0.15, 0.2) is 11.5 Å². The highest BCUT2D eigenvalue weighted by atomic mass is 19.1. The summed E-state index contributed by atoms with van der Waals surface area (Å²) in [5.74, 6) is -0.237. The maximum Gasteiger partial charge on any atom is 0.257 e. The molecule has 1 heterocycles. The quantitative estimate of drug-likeness (QED) is 0.828. The van der Waals surface area contributed by atoms with E-state index in [0.717, 1.165) is 0 Å². The first-order chi connectivity index (χ1) is 13.0. The highest BCUT2D eigenvalue weighted by molar-refractivity contribution is 6.03. The van der Waals surface area contributed by atoms with E-state index in [0.29, 0.717) is 30.3 Å². The zero-order valence-corrected chi connectivity index (χ0v) is 15.4. The van der Waals surface area contributed by atoms with E-state index in [2.05, 4.69) is 0 Å². The third kappa shape index (κ3) is 3.45. The number of nitrogens with zero attached hydrogens (tertiary/aromatic N) is 2. The van der Waals surface area contributed by atoms with Crippen molar-refractivity contribution in [1.29, 1.82) is 0 Å². The van der Waals surface area contributed by atoms with Gasteiger partial charge >= 0.3 is 0 Å². The normalized spacial score (nSPS) is 17.0. The number of methoxy groups -OCH3 is 2. The topological polar surface area (TPSA) is 59.1 Å². The van der Waals surface area contributed by atoms with Gasteiger partial charge < -0.3 is 19.3 Å². The molecule has 1 atom stereocenters. The molecule has 0 aromatic heterocycles. The largest absolute Gasteiger partial charge is 0.493 e. The second kappa shape index (κ2) is 7.65. The number of hydrogen-bond donors (Lipinski definition) is 0. The Morgan fingerprint density at radius 2 is 1.78 bits per heavy atom. The van der Waals surface area contributed by atoms with Crippen LogP contribution in [0.15, 0.2) is 42.5 Å². The van der Waals surface area contributed by atoms with Crippen LogP contribution in [0.5, 0.6) is 11.5 Å². The predicted molar refractivity (Wildman–Crippen MR) is 98.8 cm³/mol. The molecule has 0 saturated carbocycles. The van der Waals surface area contributed by atoms with Crippen LogP contribution in [0.1, 0.15) is 17.3 Å². The van der Waals surface area contributed by atoms with Gasteiger partial charge in [0.25, 0.3) is 5.91 Å². The average molecular weight is 372 g/mol. The minimum absolute atomic E-state index is 0.0308. The minimum Gasteiger partial charge on any atom is -0.493 e. The number of ether oxygens (including phenoxy) is 2. The molecular formula is C20H21FN2O4. The average Bonchev–Trinajstić information content (AvgIpc) is 2.69. The standard InChI is InChI=1S/C20H21FN2O4/c1-13-19(24)23(14-8-9-17(26-2)18(12-14)27-3)11-10-22(13)20(25)15-6-4-5-7-16(15)21/h4-9,12-13H,10-11H2,1-3H3/t13-/m1/s1. The summed E-state index contributed by atoms with van der Waals surface area (Å²) in [6.07, 6.45) is 0. The highest BCUT2D eigenvalue weighted by Gasteiger charge is 2.36. The molecule has 1 aliphatic rings. The van der Waals surface area contributed by atoms with E-state index in [9.17, 15) is 14.0 Å². The van der Waals surface area contributed by atoms with Gasteiger partial charge in [-0.3, -0.25) is 9.59 Å². The summed E-state index contributed by atoms with van der Waals surface area (Å²) in [6, 6.07) is 10.3. The third-order valence-corrected chi connectivity index (χ3v) is 4.70. The van der Waals surface area contributed by atoms with Crippen molar-refractivity contribution in [2.45, 2.75) is 13.0 Å². The van der Waals surface area contributed by atoms with Gasteiger partial charge in [0.05, 0.1) is 19.8 Å². The number of carbonyl (C=O) groups excluding carboxylic acids is 2. The van der Waals surface area contributed by atoms with Gasteiger partial charge in [0, 0.05) is 24.8 Å². The molecule has 2 amide bonds. The maximum absolute atomic E-state index is 13.9. The Balaban J connectivity index is 1.83. The first-order valence-corrected chi connectivity index (χ1v) is 8.56. The highest BCUT2D eigenvalue weighted by Crippen LogP contribution is 2.32. The van der Waals surface area contributed by atoms with Crippen molar-refractivity contribution in [2.24, 2.45) is 0 Å². The van der Waals surface area contributed by atoms with Gasteiger partial charge in [-0.2, -0.15) is 0 Å². The first-order valence-electron chi connectivity index (χ1n) is 8.56. The number of anilines is 1. The summed E-state index contributed by atoms with van der Waals surface area (Å²) < 4.78 is 24.5. The number of benzene rings is 2. The predicted octanol–water partition coefficient (Wildman–Crippen LogP) is 2.72. The molecular weight excluding hydrogens is 351 g/mol. The molecule has 7 heteroatoms. The number of amides is 2. The van der Waals surface area contributed by atoms with Crippen LogP contribution in [0, 0.1) is 5.82 Å². The van der Waals surface area contributed by atoms with Crippen molar-refractivity contribution >= 4 is 17.5 Å². The summed E-state index contributed by atoms with van der Waals surface area (Å²) in [4.78, 5) is 28.6. The SMILES string of the molecule is COc1ccc(N2CCN(C(=O)c3ccccc3F)[C@H](C)C2=O)cc1OC. The molecule has 27 heavy (non-hydrogen) atoms. The fraction of sp³-hybridized carbons (Fsp3) is 0.300. The molecule has 6 nitrogen and oxygen atoms in total. The molecule has 2 aromatic rings. The molecule has 0 aliphatic carbocycles. The van der Waals surface area contributed by atoms with Crippen LogP contribution >= 0.6 is 0 Å². The van der Waals surface area contributed by atoms with E-state index in [4.69, 9.17) is 9.47 Å². The molecule has 3 rings (SSSR count). The fourth-order valence-electron chi connectivity index (χ4n) is 3.19. The molecule has 1 saturated heterocycles. The van der Waals surface area contributed by atoms with Crippen molar-refractivity contribution in [1.82, 2.24) is 4.90 Å². The third-order valence-electron chi connectivity index (χ3n) is 4.70. The lowest BCUT2D eigenvalue weighted by Crippen LogP contribution is -2.57. The molecule has 2 aromatic carbocycles. The summed E-state index contributed by atoms with van der Waals surface area (Å²) >= 11 is 0. The maximum atomic E-state index is 13.9. The van der Waals surface area contributed by atoms with Gasteiger partial charge in [-0.25, -0.2) is 4.39 Å². The Morgan fingerprint density at radius 1 is 1.07 bits per heavy atom. The smallest absolute Gasteiger partial charge is 0.257 e. The zero-order valence-electron chi connectivity index (χ0n) is 15.4. The number of carbonyl (C=O) groups is 2. The number of hydrogen-bond acceptors (Lipinski definition) is 4. The fourth-order valence-corrected chi connectivity index (χ4v) is 3.19.